The third-order valence-electron chi connectivity index (χ3n) is 1.74. The summed E-state index contributed by atoms with van der Waals surface area (Å²) < 4.78 is 0. The molecule has 0 unspecified atom stereocenters. The average molecular weight is 175 g/mol. The molecule has 0 spiro atoms. The van der Waals surface area contributed by atoms with Crippen LogP contribution in [0.3, 0.4) is 0 Å². The molecule has 0 saturated heterocycles. The van der Waals surface area contributed by atoms with Crippen molar-refractivity contribution >= 4 is 5.96 Å². The molecule has 0 aliphatic rings. The molecule has 0 heterocycles. The van der Waals surface area contributed by atoms with Crippen LogP contribution < -0.4 is 11.1 Å². The Hall–Kier alpha value is -1.51. The molecule has 4 N–H and O–H groups in total. The van der Waals surface area contributed by atoms with E-state index in [-0.39, 0.29) is 5.96 Å². The Balaban J connectivity index is 2.75. The van der Waals surface area contributed by atoms with E-state index in [0.717, 1.165) is 16.7 Å². The van der Waals surface area contributed by atoms with Crippen LogP contribution in [0.1, 0.15) is 16.7 Å². The lowest BCUT2D eigenvalue weighted by Gasteiger charge is -2.07. The minimum atomic E-state index is -0.0335. The van der Waals surface area contributed by atoms with Crippen LogP contribution in [0.4, 0.5) is 0 Å². The minimum Gasteiger partial charge on any atom is -0.370 e. The molecule has 0 fully saturated rings. The van der Waals surface area contributed by atoms with E-state index in [0.29, 0.717) is 6.54 Å². The number of rotatable bonds is 2. The van der Waals surface area contributed by atoms with Crippen molar-refractivity contribution in [3.8, 4) is 0 Å². The summed E-state index contributed by atoms with van der Waals surface area (Å²) in [6, 6.07) is 5.73. The van der Waals surface area contributed by atoms with Gasteiger partial charge in [0.25, 0.3) is 0 Å². The summed E-state index contributed by atoms with van der Waals surface area (Å²) in [6.45, 7) is 8.19. The Morgan fingerprint density at radius 1 is 1.46 bits per heavy atom. The first-order chi connectivity index (χ1) is 6.09. The summed E-state index contributed by atoms with van der Waals surface area (Å²) in [5, 5.41) is 9.72. The molecule has 3 nitrogen and oxygen atoms in total. The minimum absolute atomic E-state index is 0.0335. The molecule has 0 amide bonds. The van der Waals surface area contributed by atoms with Gasteiger partial charge in [0, 0.05) is 6.54 Å². The van der Waals surface area contributed by atoms with Crippen LogP contribution in [0.5, 0.6) is 0 Å². The van der Waals surface area contributed by atoms with E-state index >= 15 is 0 Å². The van der Waals surface area contributed by atoms with Gasteiger partial charge >= 0.3 is 0 Å². The fourth-order valence-corrected chi connectivity index (χ4v) is 1.03. The van der Waals surface area contributed by atoms with Gasteiger partial charge in [-0.25, -0.2) is 0 Å². The SMILES string of the molecule is [CH2]c1ccc([CH2])c(CNC(=N)N)c1. The number of hydrogen-bond donors (Lipinski definition) is 3. The molecule has 3 heteroatoms. The van der Waals surface area contributed by atoms with Crippen LogP contribution in [-0.2, 0) is 6.54 Å². The molecule has 0 atom stereocenters. The summed E-state index contributed by atoms with van der Waals surface area (Å²) >= 11 is 0. The van der Waals surface area contributed by atoms with Gasteiger partial charge in [0.1, 0.15) is 0 Å². The van der Waals surface area contributed by atoms with Crippen LogP contribution in [0, 0.1) is 19.3 Å². The van der Waals surface area contributed by atoms with E-state index in [1.165, 1.54) is 0 Å². The lowest BCUT2D eigenvalue weighted by Crippen LogP contribution is -2.29. The van der Waals surface area contributed by atoms with Gasteiger partial charge in [-0.2, -0.15) is 0 Å². The largest absolute Gasteiger partial charge is 0.370 e. The quantitative estimate of drug-likeness (QED) is 0.464. The highest BCUT2D eigenvalue weighted by Gasteiger charge is 1.98. The number of nitrogens with two attached hydrogens (primary N) is 1. The Labute approximate surface area is 78.5 Å². The van der Waals surface area contributed by atoms with Gasteiger partial charge in [-0.3, -0.25) is 5.41 Å². The highest BCUT2D eigenvalue weighted by molar-refractivity contribution is 5.74. The molecule has 1 aromatic carbocycles. The first kappa shape index (κ1) is 9.58. The first-order valence-corrected chi connectivity index (χ1v) is 3.94. The van der Waals surface area contributed by atoms with Crippen molar-refractivity contribution < 1.29 is 0 Å². The standard InChI is InChI=1S/C10H13N3/c1-7-3-4-8(2)9(5-7)6-13-10(11)12/h3-5H,1-2,6H2,(H4,11,12,13). The van der Waals surface area contributed by atoms with E-state index in [1.807, 2.05) is 18.2 Å². The third-order valence-corrected chi connectivity index (χ3v) is 1.74. The summed E-state index contributed by atoms with van der Waals surface area (Å²) in [6.07, 6.45) is 0. The Morgan fingerprint density at radius 2 is 2.15 bits per heavy atom. The van der Waals surface area contributed by atoms with Crippen LogP contribution in [-0.4, -0.2) is 5.96 Å². The summed E-state index contributed by atoms with van der Waals surface area (Å²) in [5.74, 6) is -0.0335. The van der Waals surface area contributed by atoms with Gasteiger partial charge in [-0.1, -0.05) is 18.2 Å². The Morgan fingerprint density at radius 3 is 2.77 bits per heavy atom. The first-order valence-electron chi connectivity index (χ1n) is 3.94. The zero-order valence-corrected chi connectivity index (χ0v) is 7.43. The molecule has 0 aliphatic heterocycles. The van der Waals surface area contributed by atoms with Gasteiger partial charge in [-0.05, 0) is 30.5 Å². The highest BCUT2D eigenvalue weighted by atomic mass is 15.0. The van der Waals surface area contributed by atoms with Gasteiger partial charge in [0.15, 0.2) is 5.96 Å². The second-order valence-corrected chi connectivity index (χ2v) is 2.87. The predicted octanol–water partition coefficient (Wildman–Crippen LogP) is 1.03. The second kappa shape index (κ2) is 3.94. The van der Waals surface area contributed by atoms with Crippen LogP contribution in [0.2, 0.25) is 0 Å². The zero-order valence-electron chi connectivity index (χ0n) is 7.43. The fourth-order valence-electron chi connectivity index (χ4n) is 1.03. The van der Waals surface area contributed by atoms with Gasteiger partial charge in [-0.15, -0.1) is 0 Å². The van der Waals surface area contributed by atoms with Crippen LogP contribution in [0.15, 0.2) is 18.2 Å². The number of benzene rings is 1. The smallest absolute Gasteiger partial charge is 0.185 e. The van der Waals surface area contributed by atoms with E-state index in [9.17, 15) is 0 Å². The number of guanidine groups is 1. The fraction of sp³-hybridized carbons (Fsp3) is 0.100. The topological polar surface area (TPSA) is 61.9 Å². The van der Waals surface area contributed by atoms with E-state index in [2.05, 4.69) is 19.2 Å². The molecule has 0 bridgehead atoms. The second-order valence-electron chi connectivity index (χ2n) is 2.87. The molecule has 0 aromatic heterocycles. The van der Waals surface area contributed by atoms with Crippen molar-refractivity contribution in [1.29, 1.82) is 5.41 Å². The van der Waals surface area contributed by atoms with Gasteiger partial charge in [0.2, 0.25) is 0 Å². The van der Waals surface area contributed by atoms with Crippen molar-refractivity contribution in [3.63, 3.8) is 0 Å². The Kier molecular flexibility index (Phi) is 2.90. The van der Waals surface area contributed by atoms with Crippen molar-refractivity contribution in [2.45, 2.75) is 6.54 Å². The van der Waals surface area contributed by atoms with Crippen LogP contribution in [0.25, 0.3) is 0 Å². The molecule has 0 aliphatic carbocycles. The molecule has 68 valence electrons. The molecule has 1 rings (SSSR count). The van der Waals surface area contributed by atoms with Crippen molar-refractivity contribution in [2.24, 2.45) is 5.73 Å². The lowest BCUT2D eigenvalue weighted by molar-refractivity contribution is 0.892. The maximum Gasteiger partial charge on any atom is 0.185 e. The maximum atomic E-state index is 7.00. The molecular weight excluding hydrogens is 162 g/mol. The zero-order chi connectivity index (χ0) is 9.84. The van der Waals surface area contributed by atoms with Crippen molar-refractivity contribution in [3.05, 3.63) is 48.7 Å². The Bertz CT molecular complexity index is 318. The summed E-state index contributed by atoms with van der Waals surface area (Å²) in [5.41, 5.74) is 8.05. The molecular formula is C10H13N3. The third kappa shape index (κ3) is 2.78. The van der Waals surface area contributed by atoms with Crippen LogP contribution >= 0.6 is 0 Å². The molecule has 1 aromatic rings. The molecule has 13 heavy (non-hydrogen) atoms. The van der Waals surface area contributed by atoms with Crippen molar-refractivity contribution in [1.82, 2.24) is 5.32 Å². The summed E-state index contributed by atoms with van der Waals surface area (Å²) in [7, 11) is 0. The van der Waals surface area contributed by atoms with Gasteiger partial charge in [0.05, 0.1) is 0 Å². The van der Waals surface area contributed by atoms with E-state index in [4.69, 9.17) is 11.1 Å². The van der Waals surface area contributed by atoms with Crippen molar-refractivity contribution in [2.75, 3.05) is 0 Å². The normalized spacial score (nSPS) is 9.69. The average Bonchev–Trinajstić information content (AvgIpc) is 2.06. The predicted molar refractivity (Wildman–Crippen MR) is 54.1 cm³/mol. The number of hydrogen-bond acceptors (Lipinski definition) is 1. The van der Waals surface area contributed by atoms with E-state index < -0.39 is 0 Å². The summed E-state index contributed by atoms with van der Waals surface area (Å²) in [4.78, 5) is 0. The lowest BCUT2D eigenvalue weighted by atomic mass is 10.1. The maximum absolute atomic E-state index is 7.00. The van der Waals surface area contributed by atoms with E-state index in [1.54, 1.807) is 0 Å². The monoisotopic (exact) mass is 175 g/mol. The van der Waals surface area contributed by atoms with Gasteiger partial charge < -0.3 is 11.1 Å². The number of nitrogens with one attached hydrogen (secondary N) is 2. The molecule has 2 radical (unpaired) electrons. The molecule has 0 saturated carbocycles. The highest BCUT2D eigenvalue weighted by Crippen LogP contribution is 2.09.